The highest BCUT2D eigenvalue weighted by Crippen LogP contribution is 2.40. The average molecular weight is 616 g/mol. The molecule has 1 amide bonds. The van der Waals surface area contributed by atoms with Crippen molar-refractivity contribution in [3.05, 3.63) is 122 Å². The first-order valence-corrected chi connectivity index (χ1v) is 13.5. The van der Waals surface area contributed by atoms with Crippen LogP contribution in [0, 0.1) is 0 Å². The molecule has 222 valence electrons. The van der Waals surface area contributed by atoms with Gasteiger partial charge in [0.25, 0.3) is 0 Å². The fourth-order valence-corrected chi connectivity index (χ4v) is 5.12. The number of amides is 1. The minimum atomic E-state index is -5.11. The molecule has 0 radical (unpaired) electrons. The van der Waals surface area contributed by atoms with Crippen LogP contribution < -0.4 is 16.4 Å². The van der Waals surface area contributed by atoms with E-state index in [4.69, 9.17) is 22.3 Å². The van der Waals surface area contributed by atoms with Crippen LogP contribution in [-0.2, 0) is 18.9 Å². The van der Waals surface area contributed by atoms with Crippen molar-refractivity contribution in [2.75, 3.05) is 0 Å². The molecule has 0 saturated heterocycles. The third-order valence-electron chi connectivity index (χ3n) is 7.20. The summed E-state index contributed by atoms with van der Waals surface area (Å²) in [5.41, 5.74) is 5.28. The molecule has 2 aliphatic carbocycles. The number of aromatic nitrogens is 2. The standard InChI is InChI=1S/C32H24ClF6N3O/c1-18-2-6-21(7-3-18)28-27(20-10-13-24(33)14-11-20)41-30(42(28)17-19-4-8-22(9-5-19)29(40)43)25-15-12-23(31(34,35)36)16-26(25)32(37,38)39/h2-6,8-10,12-16H,7,11,17H2,1H3,(H2,40,43). The molecule has 0 bridgehead atoms. The van der Waals surface area contributed by atoms with E-state index in [1.807, 2.05) is 25.2 Å². The number of alkyl halides is 6. The average Bonchev–Trinajstić information content (AvgIpc) is 3.31. The van der Waals surface area contributed by atoms with Crippen molar-refractivity contribution in [3.8, 4) is 11.4 Å². The number of nitrogens with two attached hydrogens (primary N) is 1. The molecule has 5 rings (SSSR count). The maximum absolute atomic E-state index is 14.4. The molecule has 2 aliphatic rings. The van der Waals surface area contributed by atoms with E-state index < -0.39 is 35.0 Å². The number of carbonyl (C=O) groups excluding carboxylic acids is 1. The second kappa shape index (κ2) is 11.4. The molecule has 0 fully saturated rings. The Labute approximate surface area is 247 Å². The Kier molecular flexibility index (Phi) is 8.00. The Balaban J connectivity index is 1.88. The van der Waals surface area contributed by atoms with Gasteiger partial charge in [0, 0.05) is 22.7 Å². The fourth-order valence-electron chi connectivity index (χ4n) is 4.98. The van der Waals surface area contributed by atoms with Crippen molar-refractivity contribution in [2.24, 2.45) is 5.73 Å². The van der Waals surface area contributed by atoms with Gasteiger partial charge in [-0.3, -0.25) is 4.79 Å². The highest BCUT2D eigenvalue weighted by atomic mass is 35.5. The van der Waals surface area contributed by atoms with E-state index in [2.05, 4.69) is 0 Å². The van der Waals surface area contributed by atoms with Crippen LogP contribution in [0.2, 0.25) is 0 Å². The van der Waals surface area contributed by atoms with Crippen LogP contribution in [0.4, 0.5) is 26.3 Å². The smallest absolute Gasteiger partial charge is 0.366 e. The number of imidazole rings is 1. The molecule has 2 N–H and O–H groups in total. The second-order valence-electron chi connectivity index (χ2n) is 10.2. The van der Waals surface area contributed by atoms with Crippen LogP contribution in [0.15, 0.2) is 89.5 Å². The van der Waals surface area contributed by atoms with Gasteiger partial charge in [-0.25, -0.2) is 4.98 Å². The summed E-state index contributed by atoms with van der Waals surface area (Å²) in [5, 5.41) is 1.40. The van der Waals surface area contributed by atoms with Gasteiger partial charge < -0.3 is 10.3 Å². The number of primary amides is 1. The first-order valence-electron chi connectivity index (χ1n) is 13.1. The van der Waals surface area contributed by atoms with Crippen molar-refractivity contribution in [3.63, 3.8) is 0 Å². The summed E-state index contributed by atoms with van der Waals surface area (Å²) in [6, 6.07) is 7.79. The van der Waals surface area contributed by atoms with E-state index in [-0.39, 0.29) is 24.0 Å². The van der Waals surface area contributed by atoms with E-state index in [1.165, 1.54) is 12.1 Å². The van der Waals surface area contributed by atoms with Gasteiger partial charge in [-0.1, -0.05) is 65.8 Å². The van der Waals surface area contributed by atoms with Crippen molar-refractivity contribution >= 4 is 28.7 Å². The Bertz CT molecular complexity index is 1860. The molecule has 0 unspecified atom stereocenters. The molecular formula is C32H24ClF6N3O. The Morgan fingerprint density at radius 2 is 1.58 bits per heavy atom. The summed E-state index contributed by atoms with van der Waals surface area (Å²) in [7, 11) is 0. The van der Waals surface area contributed by atoms with Crippen molar-refractivity contribution < 1.29 is 31.1 Å². The third-order valence-corrected chi connectivity index (χ3v) is 7.48. The quantitative estimate of drug-likeness (QED) is 0.321. The van der Waals surface area contributed by atoms with Gasteiger partial charge in [-0.15, -0.1) is 0 Å². The van der Waals surface area contributed by atoms with Gasteiger partial charge in [0.15, 0.2) is 0 Å². The zero-order valence-electron chi connectivity index (χ0n) is 22.7. The number of hydrogen-bond donors (Lipinski definition) is 1. The van der Waals surface area contributed by atoms with E-state index >= 15 is 0 Å². The maximum atomic E-state index is 14.4. The van der Waals surface area contributed by atoms with Crippen LogP contribution in [0.1, 0.15) is 46.8 Å². The lowest BCUT2D eigenvalue weighted by Crippen LogP contribution is -2.35. The topological polar surface area (TPSA) is 60.9 Å². The van der Waals surface area contributed by atoms with Gasteiger partial charge in [0.1, 0.15) is 5.82 Å². The largest absolute Gasteiger partial charge is 0.417 e. The molecule has 0 atom stereocenters. The van der Waals surface area contributed by atoms with E-state index in [0.29, 0.717) is 45.8 Å². The molecule has 1 aromatic heterocycles. The van der Waals surface area contributed by atoms with Crippen molar-refractivity contribution in [1.29, 1.82) is 0 Å². The summed E-state index contributed by atoms with van der Waals surface area (Å²) >= 11 is 6.13. The summed E-state index contributed by atoms with van der Waals surface area (Å²) in [6.07, 6.45) is 1.53. The lowest BCUT2D eigenvalue weighted by atomic mass is 10.0. The number of rotatable bonds is 4. The van der Waals surface area contributed by atoms with Crippen LogP contribution in [0.5, 0.6) is 0 Å². The molecule has 3 aromatic rings. The van der Waals surface area contributed by atoms with Crippen LogP contribution in [0.25, 0.3) is 22.5 Å². The van der Waals surface area contributed by atoms with Gasteiger partial charge in [0.05, 0.1) is 21.8 Å². The first-order chi connectivity index (χ1) is 20.2. The predicted octanol–water partition coefficient (Wildman–Crippen LogP) is 7.03. The highest BCUT2D eigenvalue weighted by molar-refractivity contribution is 6.31. The highest BCUT2D eigenvalue weighted by Gasteiger charge is 2.39. The molecule has 0 aliphatic heterocycles. The molecule has 0 saturated carbocycles. The summed E-state index contributed by atoms with van der Waals surface area (Å²) < 4.78 is 85.2. The van der Waals surface area contributed by atoms with Crippen molar-refractivity contribution in [1.82, 2.24) is 9.55 Å². The van der Waals surface area contributed by atoms with Gasteiger partial charge >= 0.3 is 12.4 Å². The zero-order valence-corrected chi connectivity index (χ0v) is 23.4. The number of hydrogen-bond acceptors (Lipinski definition) is 2. The molecule has 4 nitrogen and oxygen atoms in total. The number of nitrogens with zero attached hydrogens (tertiary/aromatic N) is 2. The van der Waals surface area contributed by atoms with E-state index in [0.717, 1.165) is 17.2 Å². The molecule has 11 heteroatoms. The van der Waals surface area contributed by atoms with Crippen LogP contribution >= 0.6 is 11.6 Å². The Hall–Kier alpha value is -4.31. The SMILES string of the molecule is CC1=CCC(=c2c(=C3C=CC(Cl)=CC3)nc(-c3ccc(C(F)(F)F)cc3C(F)(F)F)n2Cc2ccc(C(N)=O)cc2)C=C1. The van der Waals surface area contributed by atoms with Crippen LogP contribution in [-0.4, -0.2) is 15.5 Å². The lowest BCUT2D eigenvalue weighted by Gasteiger charge is -2.17. The maximum Gasteiger partial charge on any atom is 0.417 e. The molecule has 1 heterocycles. The monoisotopic (exact) mass is 615 g/mol. The lowest BCUT2D eigenvalue weighted by molar-refractivity contribution is -0.142. The molecule has 0 spiro atoms. The summed E-state index contributed by atoms with van der Waals surface area (Å²) in [6.45, 7) is 1.92. The number of carbonyl (C=O) groups is 1. The number of allylic oxidation sites excluding steroid dienone is 8. The van der Waals surface area contributed by atoms with Gasteiger partial charge in [0.2, 0.25) is 5.91 Å². The van der Waals surface area contributed by atoms with Gasteiger partial charge in [-0.2, -0.15) is 26.3 Å². The third kappa shape index (κ3) is 6.39. The van der Waals surface area contributed by atoms with Gasteiger partial charge in [-0.05, 0) is 66.8 Å². The Morgan fingerprint density at radius 3 is 2.14 bits per heavy atom. The molecule has 43 heavy (non-hydrogen) atoms. The minimum Gasteiger partial charge on any atom is -0.366 e. The van der Waals surface area contributed by atoms with E-state index in [1.54, 1.807) is 34.9 Å². The summed E-state index contributed by atoms with van der Waals surface area (Å²) in [5.74, 6) is -0.798. The Morgan fingerprint density at radius 1 is 0.907 bits per heavy atom. The molecule has 2 aromatic carbocycles. The first kappa shape index (κ1) is 30.2. The van der Waals surface area contributed by atoms with E-state index in [9.17, 15) is 31.1 Å². The fraction of sp³-hybridized carbons (Fsp3) is 0.188. The second-order valence-corrected chi connectivity index (χ2v) is 10.6. The number of halogens is 7. The van der Waals surface area contributed by atoms with Crippen molar-refractivity contribution in [2.45, 2.75) is 38.7 Å². The number of benzene rings is 2. The molecular weight excluding hydrogens is 592 g/mol. The normalized spacial score (nSPS) is 18.0. The zero-order chi connectivity index (χ0) is 31.1. The van der Waals surface area contributed by atoms with Crippen LogP contribution in [0.3, 0.4) is 0 Å². The minimum absolute atomic E-state index is 0.00263. The summed E-state index contributed by atoms with van der Waals surface area (Å²) in [4.78, 5) is 16.3. The predicted molar refractivity (Wildman–Crippen MR) is 153 cm³/mol.